The molecule has 0 saturated carbocycles. The zero-order chi connectivity index (χ0) is 18.6. The minimum atomic E-state index is 0. The number of rotatable bonds is 4. The monoisotopic (exact) mass is 512 g/mol. The van der Waals surface area contributed by atoms with Crippen LogP contribution in [-0.2, 0) is 24.1 Å². The van der Waals surface area contributed by atoms with Gasteiger partial charge in [-0.2, -0.15) is 0 Å². The van der Waals surface area contributed by atoms with Crippen molar-refractivity contribution in [1.82, 2.24) is 0 Å². The Morgan fingerprint density at radius 1 is 1.11 bits per heavy atom. The quantitative estimate of drug-likeness (QED) is 0.366. The minimum Gasteiger partial charge on any atom is -0.378 e. The van der Waals surface area contributed by atoms with E-state index in [1.54, 1.807) is 0 Å². The highest BCUT2D eigenvalue weighted by Gasteiger charge is 2.15. The summed E-state index contributed by atoms with van der Waals surface area (Å²) < 4.78 is 5.46. The van der Waals surface area contributed by atoms with Crippen molar-refractivity contribution in [2.24, 2.45) is 10.7 Å². The molecular formula is C21H26ClIN4O. The van der Waals surface area contributed by atoms with E-state index in [4.69, 9.17) is 22.1 Å². The molecule has 1 aliphatic heterocycles. The van der Waals surface area contributed by atoms with Crippen LogP contribution >= 0.6 is 35.6 Å². The maximum atomic E-state index is 6.22. The van der Waals surface area contributed by atoms with Crippen LogP contribution in [0.1, 0.15) is 23.1 Å². The molecular weight excluding hydrogens is 487 g/mol. The highest BCUT2D eigenvalue weighted by Crippen LogP contribution is 2.27. The van der Waals surface area contributed by atoms with Gasteiger partial charge in [0.05, 0.1) is 19.8 Å². The van der Waals surface area contributed by atoms with Crippen LogP contribution in [0.15, 0.2) is 41.4 Å². The Kier molecular flexibility index (Phi) is 7.42. The Labute approximate surface area is 188 Å². The number of halogens is 2. The van der Waals surface area contributed by atoms with Crippen molar-refractivity contribution < 1.29 is 4.74 Å². The van der Waals surface area contributed by atoms with E-state index in [2.05, 4.69) is 39.5 Å². The van der Waals surface area contributed by atoms with Gasteiger partial charge in [-0.15, -0.1) is 24.0 Å². The van der Waals surface area contributed by atoms with Crippen molar-refractivity contribution in [2.45, 2.75) is 25.8 Å². The second-order valence-corrected chi connectivity index (χ2v) is 7.47. The summed E-state index contributed by atoms with van der Waals surface area (Å²) in [6.45, 7) is 3.72. The molecule has 150 valence electrons. The summed E-state index contributed by atoms with van der Waals surface area (Å²) in [5.41, 5.74) is 12.2. The number of nitrogens with one attached hydrogen (secondary N) is 1. The molecule has 2 aromatic carbocycles. The maximum absolute atomic E-state index is 6.22. The Hall–Kier alpha value is -1.51. The van der Waals surface area contributed by atoms with Gasteiger partial charge < -0.3 is 20.7 Å². The molecule has 28 heavy (non-hydrogen) atoms. The van der Waals surface area contributed by atoms with Crippen molar-refractivity contribution in [1.29, 1.82) is 0 Å². The average Bonchev–Trinajstić information content (AvgIpc) is 3.15. The molecule has 0 aromatic heterocycles. The molecule has 2 aromatic rings. The lowest BCUT2D eigenvalue weighted by Crippen LogP contribution is -2.36. The fourth-order valence-corrected chi connectivity index (χ4v) is 4.00. The normalized spacial score (nSPS) is 16.5. The fourth-order valence-electron chi connectivity index (χ4n) is 3.80. The van der Waals surface area contributed by atoms with Crippen LogP contribution < -0.4 is 16.0 Å². The van der Waals surface area contributed by atoms with Gasteiger partial charge in [-0.25, -0.2) is 4.99 Å². The molecule has 5 nitrogen and oxygen atoms in total. The van der Waals surface area contributed by atoms with E-state index in [-0.39, 0.29) is 24.0 Å². The lowest BCUT2D eigenvalue weighted by molar-refractivity contribution is 0.122. The van der Waals surface area contributed by atoms with Crippen LogP contribution in [0.25, 0.3) is 0 Å². The number of hydrogen-bond donors (Lipinski definition) is 2. The van der Waals surface area contributed by atoms with Crippen LogP contribution in [0.5, 0.6) is 0 Å². The van der Waals surface area contributed by atoms with Crippen molar-refractivity contribution in [3.63, 3.8) is 0 Å². The van der Waals surface area contributed by atoms with Gasteiger partial charge in [0, 0.05) is 29.5 Å². The van der Waals surface area contributed by atoms with Crippen LogP contribution in [-0.4, -0.2) is 32.3 Å². The minimum absolute atomic E-state index is 0. The van der Waals surface area contributed by atoms with Gasteiger partial charge in [0.1, 0.15) is 0 Å². The van der Waals surface area contributed by atoms with Crippen LogP contribution in [0.4, 0.5) is 11.4 Å². The summed E-state index contributed by atoms with van der Waals surface area (Å²) >= 11 is 6.22. The molecule has 0 bridgehead atoms. The first kappa shape index (κ1) is 21.2. The number of guanidine groups is 1. The lowest BCUT2D eigenvalue weighted by atomic mass is 10.1. The Morgan fingerprint density at radius 3 is 2.71 bits per heavy atom. The van der Waals surface area contributed by atoms with Gasteiger partial charge in [0.2, 0.25) is 0 Å². The number of benzene rings is 2. The Morgan fingerprint density at radius 2 is 1.89 bits per heavy atom. The molecule has 0 amide bonds. The number of hydrogen-bond acceptors (Lipinski definition) is 3. The van der Waals surface area contributed by atoms with Crippen molar-refractivity contribution in [3.8, 4) is 0 Å². The summed E-state index contributed by atoms with van der Waals surface area (Å²) in [6, 6.07) is 12.4. The number of fused-ring (bicyclic) bond motifs is 1. The molecule has 1 heterocycles. The van der Waals surface area contributed by atoms with E-state index in [9.17, 15) is 0 Å². The number of nitrogens with two attached hydrogens (primary N) is 1. The first-order valence-electron chi connectivity index (χ1n) is 9.49. The van der Waals surface area contributed by atoms with E-state index < -0.39 is 0 Å². The highest BCUT2D eigenvalue weighted by atomic mass is 127. The molecule has 4 rings (SSSR count). The first-order valence-corrected chi connectivity index (χ1v) is 9.87. The standard InChI is InChI=1S/C21H25ClN4O.HI/c22-18-5-7-20(26-8-10-27-11-9-26)17(12-18)14-24-21(23)25-19-6-4-15-2-1-3-16(15)13-19;/h4-7,12-13H,1-3,8-11,14H2,(H3,23,24,25);1H. The summed E-state index contributed by atoms with van der Waals surface area (Å²) in [5.74, 6) is 0.417. The summed E-state index contributed by atoms with van der Waals surface area (Å²) in [4.78, 5) is 6.86. The second-order valence-electron chi connectivity index (χ2n) is 7.04. The molecule has 7 heteroatoms. The third-order valence-corrected chi connectivity index (χ3v) is 5.42. The third kappa shape index (κ3) is 5.10. The van der Waals surface area contributed by atoms with Crippen molar-refractivity contribution in [3.05, 3.63) is 58.1 Å². The van der Waals surface area contributed by atoms with Gasteiger partial charge in [-0.1, -0.05) is 17.7 Å². The lowest BCUT2D eigenvalue weighted by Gasteiger charge is -2.30. The molecule has 0 radical (unpaired) electrons. The van der Waals surface area contributed by atoms with Gasteiger partial charge >= 0.3 is 0 Å². The third-order valence-electron chi connectivity index (χ3n) is 5.18. The molecule has 2 aliphatic rings. The molecule has 0 spiro atoms. The number of aliphatic imine (C=N–C) groups is 1. The predicted molar refractivity (Wildman–Crippen MR) is 127 cm³/mol. The molecule has 0 unspecified atom stereocenters. The van der Waals surface area contributed by atoms with Crippen molar-refractivity contribution >= 4 is 52.9 Å². The van der Waals surface area contributed by atoms with E-state index in [1.165, 1.54) is 24.0 Å². The zero-order valence-electron chi connectivity index (χ0n) is 15.8. The number of anilines is 2. The Balaban J connectivity index is 0.00000225. The van der Waals surface area contributed by atoms with Crippen molar-refractivity contribution in [2.75, 3.05) is 36.5 Å². The topological polar surface area (TPSA) is 62.9 Å². The van der Waals surface area contributed by atoms with Gasteiger partial charge in [0.25, 0.3) is 0 Å². The SMILES string of the molecule is I.NC(=NCc1cc(Cl)ccc1N1CCOCC1)Nc1ccc2c(c1)CCC2. The highest BCUT2D eigenvalue weighted by molar-refractivity contribution is 14.0. The average molecular weight is 513 g/mol. The molecule has 0 atom stereocenters. The van der Waals surface area contributed by atoms with Gasteiger partial charge in [-0.3, -0.25) is 0 Å². The molecule has 1 aliphatic carbocycles. The first-order chi connectivity index (χ1) is 13.2. The molecule has 1 fully saturated rings. The van der Waals surface area contributed by atoms with E-state index >= 15 is 0 Å². The van der Waals surface area contributed by atoms with Crippen LogP contribution in [0, 0.1) is 0 Å². The maximum Gasteiger partial charge on any atom is 0.193 e. The number of nitrogens with zero attached hydrogens (tertiary/aromatic N) is 2. The fraction of sp³-hybridized carbons (Fsp3) is 0.381. The van der Waals surface area contributed by atoms with Gasteiger partial charge in [-0.05, 0) is 66.3 Å². The van der Waals surface area contributed by atoms with E-state index in [0.29, 0.717) is 17.5 Å². The number of aryl methyl sites for hydroxylation is 2. The Bertz CT molecular complexity index is 852. The largest absolute Gasteiger partial charge is 0.378 e. The van der Waals surface area contributed by atoms with E-state index in [1.807, 2.05) is 12.1 Å². The second kappa shape index (κ2) is 9.80. The predicted octanol–water partition coefficient (Wildman–Crippen LogP) is 4.21. The number of morpholine rings is 1. The smallest absolute Gasteiger partial charge is 0.193 e. The summed E-state index contributed by atoms with van der Waals surface area (Å²) in [6.07, 6.45) is 3.56. The van der Waals surface area contributed by atoms with Gasteiger partial charge in [0.15, 0.2) is 5.96 Å². The van der Waals surface area contributed by atoms with E-state index in [0.717, 1.165) is 49.7 Å². The van der Waals surface area contributed by atoms with Crippen LogP contribution in [0.3, 0.4) is 0 Å². The van der Waals surface area contributed by atoms with Crippen LogP contribution in [0.2, 0.25) is 5.02 Å². The summed E-state index contributed by atoms with van der Waals surface area (Å²) in [7, 11) is 0. The summed E-state index contributed by atoms with van der Waals surface area (Å²) in [5, 5.41) is 3.93. The molecule has 3 N–H and O–H groups in total. The molecule has 1 saturated heterocycles. The zero-order valence-corrected chi connectivity index (χ0v) is 18.9. The number of ether oxygens (including phenoxy) is 1.